The number of nitrogens with zero attached hydrogens (tertiary/aromatic N) is 1. The zero-order valence-electron chi connectivity index (χ0n) is 24.5. The molecule has 228 valence electrons. The summed E-state index contributed by atoms with van der Waals surface area (Å²) in [6.07, 6.45) is -1.45. The fraction of sp³-hybridized carbons (Fsp3) is 0.314. The Hall–Kier alpha value is -3.27. The zero-order valence-corrected chi connectivity index (χ0v) is 24.5. The van der Waals surface area contributed by atoms with E-state index < -0.39 is 24.6 Å². The molecule has 1 heterocycles. The predicted octanol–water partition coefficient (Wildman–Crippen LogP) is 5.39. The molecule has 1 aromatic heterocycles. The van der Waals surface area contributed by atoms with E-state index in [1.807, 2.05) is 79.1 Å². The zero-order chi connectivity index (χ0) is 30.9. The summed E-state index contributed by atoms with van der Waals surface area (Å²) in [6.45, 7) is 4.41. The van der Waals surface area contributed by atoms with Crippen LogP contribution in [0.1, 0.15) is 60.9 Å². The summed E-state index contributed by atoms with van der Waals surface area (Å²) >= 11 is 0. The van der Waals surface area contributed by atoms with Crippen LogP contribution < -0.4 is 5.32 Å². The fourth-order valence-electron chi connectivity index (χ4n) is 5.56. The number of aliphatic hydroxyl groups is 2. The van der Waals surface area contributed by atoms with Crippen LogP contribution in [0, 0.1) is 5.82 Å². The average Bonchev–Trinajstić information content (AvgIpc) is 3.32. The van der Waals surface area contributed by atoms with Gasteiger partial charge in [0.2, 0.25) is 0 Å². The molecule has 0 aliphatic carbocycles. The van der Waals surface area contributed by atoms with Gasteiger partial charge in [0.15, 0.2) is 0 Å². The molecular weight excluding hydrogens is 570 g/mol. The van der Waals surface area contributed by atoms with Crippen molar-refractivity contribution in [2.45, 2.75) is 64.2 Å². The van der Waals surface area contributed by atoms with Crippen LogP contribution in [-0.4, -0.2) is 80.1 Å². The topological polar surface area (TPSA) is 112 Å². The van der Waals surface area contributed by atoms with E-state index in [4.69, 9.17) is 5.11 Å². The van der Waals surface area contributed by atoms with Crippen LogP contribution in [0.2, 0.25) is 0 Å². The van der Waals surface area contributed by atoms with Crippen LogP contribution in [0.4, 0.5) is 4.39 Å². The van der Waals surface area contributed by atoms with Gasteiger partial charge in [-0.1, -0.05) is 72.8 Å². The number of carbonyl (C=O) groups is 2. The van der Waals surface area contributed by atoms with Crippen LogP contribution >= 0.6 is 0 Å². The molecule has 1 amide bonds. The van der Waals surface area contributed by atoms with Gasteiger partial charge >= 0.3 is 35.5 Å². The second-order valence-electron chi connectivity index (χ2n) is 11.1. The van der Waals surface area contributed by atoms with Gasteiger partial charge < -0.3 is 25.2 Å². The summed E-state index contributed by atoms with van der Waals surface area (Å²) in [6, 6.07) is 25.5. The van der Waals surface area contributed by atoms with Gasteiger partial charge in [0.25, 0.3) is 5.91 Å². The van der Waals surface area contributed by atoms with Crippen molar-refractivity contribution in [3.63, 3.8) is 0 Å². The third-order valence-electron chi connectivity index (χ3n) is 7.44. The van der Waals surface area contributed by atoms with Crippen molar-refractivity contribution >= 4 is 41.4 Å². The predicted molar refractivity (Wildman–Crippen MR) is 172 cm³/mol. The minimum absolute atomic E-state index is 0. The molecule has 0 saturated carbocycles. The number of aliphatic carboxylic acids is 1. The molecule has 0 saturated heterocycles. The Morgan fingerprint density at radius 2 is 1.41 bits per heavy atom. The molecule has 44 heavy (non-hydrogen) atoms. The maximum atomic E-state index is 14.1. The van der Waals surface area contributed by atoms with E-state index in [9.17, 15) is 24.2 Å². The molecule has 0 fully saturated rings. The second kappa shape index (κ2) is 16.7. The van der Waals surface area contributed by atoms with Crippen LogP contribution in [0.3, 0.4) is 0 Å². The third kappa shape index (κ3) is 9.13. The second-order valence-corrected chi connectivity index (χ2v) is 11.1. The molecule has 0 bridgehead atoms. The summed E-state index contributed by atoms with van der Waals surface area (Å²) < 4.78 is 16.0. The Balaban J connectivity index is 0.00000529. The quantitative estimate of drug-likeness (QED) is 0.143. The number of amides is 1. The van der Waals surface area contributed by atoms with E-state index >= 15 is 0 Å². The molecule has 7 nitrogen and oxygen atoms in total. The number of benzene rings is 3. The monoisotopic (exact) mass is 610 g/mol. The molecule has 0 aliphatic heterocycles. The first kappa shape index (κ1) is 35.2. The van der Waals surface area contributed by atoms with E-state index in [0.717, 1.165) is 27.9 Å². The Labute approximate surface area is 280 Å². The van der Waals surface area contributed by atoms with Crippen molar-refractivity contribution in [3.05, 3.63) is 108 Å². The first-order valence-electron chi connectivity index (χ1n) is 14.6. The average molecular weight is 611 g/mol. The minimum atomic E-state index is -1.17. The Morgan fingerprint density at radius 3 is 2.00 bits per heavy atom. The molecular formula is C35H40FN2NaO5. The fourth-order valence-corrected chi connectivity index (χ4v) is 5.56. The molecule has 4 rings (SSSR count). The number of nitrogens with one attached hydrogen (secondary N) is 1. The standard InChI is InChI=1S/C35H39FN2O5.Na.H/c1-23(2)38-30(18-17-28(39)21-29(40)22-31(41)42)32(26-13-15-27(36)16-14-26)33(25-11-7-4-8-12-25)34(38)35(43)37-20-19-24-9-5-3-6-10-24;;/h3-16,23,28-29,39-40H,17-22H2,1-2H3,(H,37,43)(H,41,42);;/t28-,29-;;/m1../s1. The number of aliphatic hydroxyl groups excluding tert-OH is 2. The van der Waals surface area contributed by atoms with Gasteiger partial charge in [0.1, 0.15) is 11.5 Å². The van der Waals surface area contributed by atoms with Crippen molar-refractivity contribution in [2.75, 3.05) is 6.54 Å². The van der Waals surface area contributed by atoms with E-state index in [1.165, 1.54) is 12.1 Å². The number of hydrogen-bond donors (Lipinski definition) is 4. The van der Waals surface area contributed by atoms with Crippen LogP contribution in [0.25, 0.3) is 22.3 Å². The van der Waals surface area contributed by atoms with Crippen molar-refractivity contribution in [1.82, 2.24) is 9.88 Å². The van der Waals surface area contributed by atoms with E-state index in [2.05, 4.69) is 5.32 Å². The number of carboxylic acids is 1. The molecule has 4 N–H and O–H groups in total. The molecule has 3 aromatic carbocycles. The summed E-state index contributed by atoms with van der Waals surface area (Å²) in [5.41, 5.74) is 5.42. The summed E-state index contributed by atoms with van der Waals surface area (Å²) in [7, 11) is 0. The number of carbonyl (C=O) groups excluding carboxylic acids is 1. The van der Waals surface area contributed by atoms with Gasteiger partial charge in [-0.3, -0.25) is 9.59 Å². The van der Waals surface area contributed by atoms with Gasteiger partial charge in [-0.2, -0.15) is 0 Å². The summed E-state index contributed by atoms with van der Waals surface area (Å²) in [4.78, 5) is 25.1. The van der Waals surface area contributed by atoms with E-state index in [1.54, 1.807) is 12.1 Å². The summed E-state index contributed by atoms with van der Waals surface area (Å²) in [5.74, 6) is -1.76. The van der Waals surface area contributed by atoms with Crippen LogP contribution in [0.15, 0.2) is 84.9 Å². The normalized spacial score (nSPS) is 12.4. The molecule has 0 unspecified atom stereocenters. The van der Waals surface area contributed by atoms with Crippen molar-refractivity contribution in [2.24, 2.45) is 0 Å². The van der Waals surface area contributed by atoms with Gasteiger partial charge in [-0.25, -0.2) is 4.39 Å². The SMILES string of the molecule is CC(C)n1c(CC[C@@H](O)C[C@@H](O)CC(=O)O)c(-c2ccc(F)cc2)c(-c2ccccc2)c1C(=O)NCCc1ccccc1.[NaH]. The number of halogens is 1. The summed E-state index contributed by atoms with van der Waals surface area (Å²) in [5, 5.41) is 32.9. The number of rotatable bonds is 14. The molecule has 4 aromatic rings. The van der Waals surface area contributed by atoms with E-state index in [-0.39, 0.29) is 60.2 Å². The van der Waals surface area contributed by atoms with Crippen molar-refractivity contribution in [3.8, 4) is 22.3 Å². The first-order valence-corrected chi connectivity index (χ1v) is 14.6. The molecule has 0 aliphatic rings. The first-order chi connectivity index (χ1) is 20.7. The van der Waals surface area contributed by atoms with Gasteiger partial charge in [-0.15, -0.1) is 0 Å². The molecule has 0 spiro atoms. The van der Waals surface area contributed by atoms with Crippen molar-refractivity contribution < 1.29 is 29.3 Å². The molecule has 2 atom stereocenters. The number of carboxylic acid groups (broad SMARTS) is 1. The Morgan fingerprint density at radius 1 is 0.818 bits per heavy atom. The van der Waals surface area contributed by atoms with Crippen molar-refractivity contribution in [1.29, 1.82) is 0 Å². The number of aromatic nitrogens is 1. The van der Waals surface area contributed by atoms with Gasteiger partial charge in [0.05, 0.1) is 18.6 Å². The van der Waals surface area contributed by atoms with Gasteiger partial charge in [-0.05, 0) is 68.4 Å². The number of hydrogen-bond acceptors (Lipinski definition) is 4. The molecule has 0 radical (unpaired) electrons. The van der Waals surface area contributed by atoms with Crippen LogP contribution in [0.5, 0.6) is 0 Å². The van der Waals surface area contributed by atoms with Crippen LogP contribution in [-0.2, 0) is 17.6 Å². The third-order valence-corrected chi connectivity index (χ3v) is 7.44. The van der Waals surface area contributed by atoms with Gasteiger partial charge in [0, 0.05) is 29.4 Å². The van der Waals surface area contributed by atoms with E-state index in [0.29, 0.717) is 30.6 Å². The maximum absolute atomic E-state index is 14.1. The Bertz CT molecular complexity index is 1510. The Kier molecular flexibility index (Phi) is 13.4. The molecule has 9 heteroatoms.